The van der Waals surface area contributed by atoms with E-state index in [-0.39, 0.29) is 19.5 Å². The van der Waals surface area contributed by atoms with Crippen LogP contribution in [-0.2, 0) is 40.3 Å². The number of Topliss-reactive ketones (excluding diaryl/α,β-unsaturated/α-hetero) is 1. The highest BCUT2D eigenvalue weighted by atomic mass is 19.3. The topological polar surface area (TPSA) is 166 Å². The predicted molar refractivity (Wildman–Crippen MR) is 220 cm³/mol. The fraction of sp³-hybridized carbons (Fsp3) is 0.386. The SMILES string of the molecule is CC(C)C(NC(=O)N(C)Cc1ccccn1)C(=O)NC(Cc1ccccc1)C(=O)C(F)(F)C(Cc1ccccc1)NC(=O)C(NC(=O)N(C)Cc1ccccn1)C(C)C. The standard InChI is InChI=1S/C44H54F2N8O5/c1-29(2)37(51-42(58)53(5)27-33-21-13-15-23-47-33)40(56)49-35(25-31-17-9-7-10-18-31)39(55)44(45,46)36(26-32-19-11-8-12-20-32)50-41(57)38(30(3)4)52-43(59)54(6)28-34-22-14-16-24-48-34/h7-24,29-30,35-38H,25-28H2,1-6H3,(H,49,56)(H,50,57)(H,51,58)(H,52,59). The van der Waals surface area contributed by atoms with Crippen LogP contribution in [0.2, 0.25) is 0 Å². The van der Waals surface area contributed by atoms with Gasteiger partial charge in [-0.2, -0.15) is 8.78 Å². The normalized spacial score (nSPS) is 13.4. The molecular formula is C44H54F2N8O5. The van der Waals surface area contributed by atoms with Crippen molar-refractivity contribution in [3.63, 3.8) is 0 Å². The van der Waals surface area contributed by atoms with Crippen molar-refractivity contribution in [1.82, 2.24) is 41.0 Å². The Hall–Kier alpha value is -6.25. The van der Waals surface area contributed by atoms with E-state index < -0.39 is 78.0 Å². The fourth-order valence-corrected chi connectivity index (χ4v) is 6.28. The molecule has 4 atom stereocenters. The van der Waals surface area contributed by atoms with Crippen LogP contribution >= 0.6 is 0 Å². The molecule has 314 valence electrons. The molecule has 59 heavy (non-hydrogen) atoms. The van der Waals surface area contributed by atoms with Crippen molar-refractivity contribution < 1.29 is 32.8 Å². The molecule has 15 heteroatoms. The predicted octanol–water partition coefficient (Wildman–Crippen LogP) is 5.17. The summed E-state index contributed by atoms with van der Waals surface area (Å²) in [5.74, 6) is -8.71. The van der Waals surface area contributed by atoms with Crippen molar-refractivity contribution in [2.24, 2.45) is 11.8 Å². The lowest BCUT2D eigenvalue weighted by Crippen LogP contribution is -2.63. The number of urea groups is 2. The summed E-state index contributed by atoms with van der Waals surface area (Å²) in [6, 6.07) is 19.5. The van der Waals surface area contributed by atoms with Gasteiger partial charge in [0.1, 0.15) is 18.1 Å². The summed E-state index contributed by atoms with van der Waals surface area (Å²) in [7, 11) is 3.04. The highest BCUT2D eigenvalue weighted by Gasteiger charge is 2.51. The summed E-state index contributed by atoms with van der Waals surface area (Å²) in [5, 5.41) is 10.2. The van der Waals surface area contributed by atoms with Gasteiger partial charge in [0, 0.05) is 26.5 Å². The van der Waals surface area contributed by atoms with E-state index in [0.717, 1.165) is 0 Å². The average molecular weight is 813 g/mol. The molecule has 2 heterocycles. The minimum atomic E-state index is -4.25. The number of pyridine rings is 2. The number of ketones is 1. The van der Waals surface area contributed by atoms with E-state index >= 15 is 8.78 Å². The molecule has 0 bridgehead atoms. The molecule has 0 aliphatic carbocycles. The zero-order valence-corrected chi connectivity index (χ0v) is 34.3. The van der Waals surface area contributed by atoms with Gasteiger partial charge in [0.2, 0.25) is 17.6 Å². The zero-order chi connectivity index (χ0) is 43.1. The molecule has 2 aromatic heterocycles. The van der Waals surface area contributed by atoms with E-state index in [9.17, 15) is 24.0 Å². The van der Waals surface area contributed by atoms with E-state index in [0.29, 0.717) is 22.5 Å². The smallest absolute Gasteiger partial charge is 0.327 e. The Labute approximate surface area is 344 Å². The Kier molecular flexibility index (Phi) is 16.6. The Morgan fingerprint density at radius 1 is 0.576 bits per heavy atom. The maximum absolute atomic E-state index is 17.0. The summed E-state index contributed by atoms with van der Waals surface area (Å²) in [4.78, 5) is 79.7. The van der Waals surface area contributed by atoms with E-state index in [4.69, 9.17) is 0 Å². The second-order valence-electron chi connectivity index (χ2n) is 15.2. The number of nitrogens with zero attached hydrogens (tertiary/aromatic N) is 4. The van der Waals surface area contributed by atoms with Crippen LogP contribution in [0.25, 0.3) is 0 Å². The number of carbonyl (C=O) groups is 5. The van der Waals surface area contributed by atoms with Gasteiger partial charge in [-0.05, 0) is 60.1 Å². The first-order valence-corrected chi connectivity index (χ1v) is 19.5. The van der Waals surface area contributed by atoms with E-state index in [1.807, 2.05) is 0 Å². The molecule has 4 N–H and O–H groups in total. The van der Waals surface area contributed by atoms with Crippen LogP contribution in [0.3, 0.4) is 0 Å². The van der Waals surface area contributed by atoms with Gasteiger partial charge >= 0.3 is 18.0 Å². The largest absolute Gasteiger partial charge is 0.345 e. The van der Waals surface area contributed by atoms with Gasteiger partial charge in [0.25, 0.3) is 0 Å². The van der Waals surface area contributed by atoms with Gasteiger partial charge < -0.3 is 31.1 Å². The zero-order valence-electron chi connectivity index (χ0n) is 34.3. The van der Waals surface area contributed by atoms with Crippen LogP contribution in [0.5, 0.6) is 0 Å². The van der Waals surface area contributed by atoms with Crippen LogP contribution in [-0.4, -0.2) is 93.6 Å². The lowest BCUT2D eigenvalue weighted by atomic mass is 9.90. The molecule has 0 saturated carbocycles. The lowest BCUT2D eigenvalue weighted by molar-refractivity contribution is -0.153. The number of nitrogens with one attached hydrogen (secondary N) is 4. The molecular weight excluding hydrogens is 759 g/mol. The van der Waals surface area contributed by atoms with Crippen molar-refractivity contribution in [3.8, 4) is 0 Å². The van der Waals surface area contributed by atoms with Gasteiger partial charge in [-0.1, -0.05) is 100 Å². The van der Waals surface area contributed by atoms with Crippen LogP contribution in [0.1, 0.15) is 50.2 Å². The molecule has 0 spiro atoms. The fourth-order valence-electron chi connectivity index (χ4n) is 6.28. The number of benzene rings is 2. The number of rotatable bonds is 19. The maximum atomic E-state index is 17.0. The third-order valence-corrected chi connectivity index (χ3v) is 9.68. The Morgan fingerprint density at radius 3 is 1.39 bits per heavy atom. The van der Waals surface area contributed by atoms with Crippen LogP contribution in [0, 0.1) is 11.8 Å². The summed E-state index contributed by atoms with van der Waals surface area (Å²) in [6.07, 6.45) is 2.41. The van der Waals surface area contributed by atoms with E-state index in [1.165, 1.54) is 23.9 Å². The number of halogens is 2. The second-order valence-corrected chi connectivity index (χ2v) is 15.2. The monoisotopic (exact) mass is 812 g/mol. The van der Waals surface area contributed by atoms with Gasteiger partial charge in [0.15, 0.2) is 0 Å². The van der Waals surface area contributed by atoms with E-state index in [1.54, 1.807) is 137 Å². The van der Waals surface area contributed by atoms with Crippen molar-refractivity contribution in [3.05, 3.63) is 132 Å². The third-order valence-electron chi connectivity index (χ3n) is 9.68. The van der Waals surface area contributed by atoms with Crippen LogP contribution < -0.4 is 21.3 Å². The second kappa shape index (κ2) is 21.5. The molecule has 13 nitrogen and oxygen atoms in total. The minimum Gasteiger partial charge on any atom is -0.345 e. The van der Waals surface area contributed by atoms with Crippen molar-refractivity contribution in [2.45, 2.75) is 83.7 Å². The minimum absolute atomic E-state index is 0.125. The number of alkyl halides is 2. The Morgan fingerprint density at radius 2 is 0.983 bits per heavy atom. The van der Waals surface area contributed by atoms with Gasteiger partial charge in [-0.25, -0.2) is 9.59 Å². The van der Waals surface area contributed by atoms with Gasteiger partial charge in [0.05, 0.1) is 30.5 Å². The summed E-state index contributed by atoms with van der Waals surface area (Å²) in [6.45, 7) is 6.93. The molecule has 2 aromatic carbocycles. The van der Waals surface area contributed by atoms with Crippen LogP contribution in [0.4, 0.5) is 18.4 Å². The van der Waals surface area contributed by atoms with Gasteiger partial charge in [-0.15, -0.1) is 0 Å². The first-order chi connectivity index (χ1) is 28.1. The van der Waals surface area contributed by atoms with Gasteiger partial charge in [-0.3, -0.25) is 24.4 Å². The van der Waals surface area contributed by atoms with Crippen LogP contribution in [0.15, 0.2) is 109 Å². The molecule has 4 rings (SSSR count). The average Bonchev–Trinajstić information content (AvgIpc) is 3.22. The Bertz CT molecular complexity index is 1970. The number of hydrogen-bond acceptors (Lipinski definition) is 7. The Balaban J connectivity index is 1.60. The van der Waals surface area contributed by atoms with Crippen molar-refractivity contribution >= 4 is 29.7 Å². The third kappa shape index (κ3) is 13.4. The molecule has 0 fully saturated rings. The maximum Gasteiger partial charge on any atom is 0.327 e. The quantitative estimate of drug-likeness (QED) is 0.102. The molecule has 6 amide bonds. The highest BCUT2D eigenvalue weighted by Crippen LogP contribution is 2.27. The summed E-state index contributed by atoms with van der Waals surface area (Å²) >= 11 is 0. The molecule has 0 aliphatic heterocycles. The molecule has 4 unspecified atom stereocenters. The molecule has 0 saturated heterocycles. The lowest BCUT2D eigenvalue weighted by Gasteiger charge is -2.33. The molecule has 4 aromatic rings. The number of hydrogen-bond donors (Lipinski definition) is 4. The highest BCUT2D eigenvalue weighted by molar-refractivity contribution is 5.97. The molecule has 0 aliphatic rings. The van der Waals surface area contributed by atoms with Crippen molar-refractivity contribution in [1.29, 1.82) is 0 Å². The summed E-state index contributed by atoms with van der Waals surface area (Å²) in [5.41, 5.74) is 2.11. The first-order valence-electron chi connectivity index (χ1n) is 19.5. The number of amides is 6. The van der Waals surface area contributed by atoms with Crippen molar-refractivity contribution in [2.75, 3.05) is 14.1 Å². The van der Waals surface area contributed by atoms with E-state index in [2.05, 4.69) is 31.2 Å². The first kappa shape index (κ1) is 45.5. The number of aromatic nitrogens is 2. The number of carbonyl (C=O) groups excluding carboxylic acids is 5. The summed E-state index contributed by atoms with van der Waals surface area (Å²) < 4.78 is 34.0. The molecule has 0 radical (unpaired) electrons.